The summed E-state index contributed by atoms with van der Waals surface area (Å²) >= 11 is 12.0. The predicted molar refractivity (Wildman–Crippen MR) is 49.8 cm³/mol. The first-order chi connectivity index (χ1) is 3.71. The maximum atomic E-state index is 6.00. The third-order valence-corrected chi connectivity index (χ3v) is 7.05. The third kappa shape index (κ3) is 8.97. The van der Waals surface area contributed by atoms with Crippen LogP contribution in [0.2, 0.25) is 26.2 Å². The lowest BCUT2D eigenvalue weighted by Crippen LogP contribution is -2.52. The molecule has 1 N–H and O–H groups in total. The van der Waals surface area contributed by atoms with E-state index in [1.165, 1.54) is 0 Å². The number of rotatable bonds is 2. The van der Waals surface area contributed by atoms with Crippen LogP contribution < -0.4 is 4.65 Å². The van der Waals surface area contributed by atoms with Crippen molar-refractivity contribution in [3.8, 4) is 0 Å². The second kappa shape index (κ2) is 2.92. The van der Waals surface area contributed by atoms with Gasteiger partial charge >= 0.3 is 0 Å². The summed E-state index contributed by atoms with van der Waals surface area (Å²) in [6.07, 6.45) is 0. The van der Waals surface area contributed by atoms with Crippen LogP contribution in [0, 0.1) is 0 Å². The fourth-order valence-corrected chi connectivity index (χ4v) is 11.0. The first-order valence-corrected chi connectivity index (χ1v) is 10.9. The monoisotopic (exact) mass is 201 g/mol. The first-order valence-electron chi connectivity index (χ1n) is 2.88. The summed E-state index contributed by atoms with van der Waals surface area (Å²) in [5.74, 6) is 0. The summed E-state index contributed by atoms with van der Waals surface area (Å²) in [5, 5.41) is 0. The molecule has 0 heterocycles. The fourth-order valence-electron chi connectivity index (χ4n) is 0.707. The van der Waals surface area contributed by atoms with Crippen LogP contribution >= 0.6 is 22.2 Å². The lowest BCUT2D eigenvalue weighted by molar-refractivity contribution is 1.40. The Balaban J connectivity index is 3.75. The minimum atomic E-state index is -1.64. The highest BCUT2D eigenvalue weighted by Crippen LogP contribution is 2.11. The predicted octanol–water partition coefficient (Wildman–Crippen LogP) is 2.46. The summed E-state index contributed by atoms with van der Waals surface area (Å²) in [5.41, 5.74) is 0. The molecule has 0 spiro atoms. The zero-order chi connectivity index (χ0) is 7.71. The molecule has 0 saturated heterocycles. The van der Waals surface area contributed by atoms with E-state index >= 15 is 0 Å². The van der Waals surface area contributed by atoms with Crippen molar-refractivity contribution in [2.75, 3.05) is 0 Å². The molecule has 0 radical (unpaired) electrons. The molecule has 0 saturated carbocycles. The van der Waals surface area contributed by atoms with Gasteiger partial charge in [-0.05, 0) is 26.2 Å². The molecule has 0 fully saturated rings. The molecular formula is C4H13Cl2NSi2. The Morgan fingerprint density at radius 2 is 1.11 bits per heavy atom. The van der Waals surface area contributed by atoms with Gasteiger partial charge in [-0.2, -0.15) is 0 Å². The molecule has 0 rings (SSSR count). The molecule has 0 aliphatic heterocycles. The third-order valence-electron chi connectivity index (χ3n) is 0.594. The molecule has 0 aliphatic carbocycles. The molecule has 0 bridgehead atoms. The summed E-state index contributed by atoms with van der Waals surface area (Å²) in [7, 11) is -3.28. The van der Waals surface area contributed by atoms with Gasteiger partial charge in [0.2, 0.25) is 15.1 Å². The van der Waals surface area contributed by atoms with E-state index in [-0.39, 0.29) is 0 Å². The van der Waals surface area contributed by atoms with Crippen LogP contribution in [0.4, 0.5) is 0 Å². The Kier molecular flexibility index (Phi) is 3.24. The van der Waals surface area contributed by atoms with Gasteiger partial charge in [-0.15, -0.1) is 22.2 Å². The zero-order valence-electron chi connectivity index (χ0n) is 6.26. The number of hydrogen-bond acceptors (Lipinski definition) is 1. The van der Waals surface area contributed by atoms with Crippen molar-refractivity contribution in [2.24, 2.45) is 0 Å². The van der Waals surface area contributed by atoms with E-state index in [0.29, 0.717) is 0 Å². The average Bonchev–Trinajstić information content (AvgIpc) is 1.14. The van der Waals surface area contributed by atoms with Crippen LogP contribution in [0.15, 0.2) is 0 Å². The quantitative estimate of drug-likeness (QED) is 0.535. The lowest BCUT2D eigenvalue weighted by atomic mass is 11.9. The highest BCUT2D eigenvalue weighted by atomic mass is 35.6. The van der Waals surface area contributed by atoms with E-state index in [4.69, 9.17) is 22.2 Å². The number of nitrogens with one attached hydrogen (secondary N) is 1. The molecule has 5 heteroatoms. The van der Waals surface area contributed by atoms with Crippen LogP contribution in [0.25, 0.3) is 0 Å². The Hall–Kier alpha value is 0.974. The van der Waals surface area contributed by atoms with Gasteiger partial charge in [0, 0.05) is 0 Å². The second-order valence-corrected chi connectivity index (χ2v) is 15.6. The highest BCUT2D eigenvalue weighted by Gasteiger charge is 2.27. The van der Waals surface area contributed by atoms with Crippen LogP contribution in [-0.2, 0) is 0 Å². The topological polar surface area (TPSA) is 12.0 Å². The molecule has 0 aromatic carbocycles. The van der Waals surface area contributed by atoms with E-state index in [1.807, 2.05) is 26.2 Å². The van der Waals surface area contributed by atoms with E-state index < -0.39 is 15.1 Å². The van der Waals surface area contributed by atoms with Crippen molar-refractivity contribution in [3.05, 3.63) is 0 Å². The second-order valence-electron chi connectivity index (χ2n) is 3.07. The lowest BCUT2D eigenvalue weighted by Gasteiger charge is -2.23. The van der Waals surface area contributed by atoms with Gasteiger partial charge in [0.05, 0.1) is 0 Å². The van der Waals surface area contributed by atoms with Crippen molar-refractivity contribution in [3.63, 3.8) is 0 Å². The molecule has 0 aromatic heterocycles. The Morgan fingerprint density at radius 1 is 0.889 bits per heavy atom. The molecule has 0 amide bonds. The van der Waals surface area contributed by atoms with Crippen molar-refractivity contribution in [2.45, 2.75) is 26.2 Å². The van der Waals surface area contributed by atoms with Gasteiger partial charge in [0.1, 0.15) is 0 Å². The summed E-state index contributed by atoms with van der Waals surface area (Å²) in [6.45, 7) is 8.13. The standard InChI is InChI=1S/C4H13Cl2NSi2/c1-8(2,5)7-9(3,4)6/h7H,1-4H3. The van der Waals surface area contributed by atoms with E-state index in [9.17, 15) is 0 Å². The van der Waals surface area contributed by atoms with Crippen molar-refractivity contribution < 1.29 is 0 Å². The summed E-state index contributed by atoms with van der Waals surface area (Å²) < 4.78 is 3.27. The minimum absolute atomic E-state index is 1.64. The average molecular weight is 202 g/mol. The van der Waals surface area contributed by atoms with E-state index in [1.54, 1.807) is 0 Å². The van der Waals surface area contributed by atoms with Gasteiger partial charge < -0.3 is 4.65 Å². The van der Waals surface area contributed by atoms with Crippen molar-refractivity contribution >= 4 is 37.2 Å². The van der Waals surface area contributed by atoms with Gasteiger partial charge in [-0.3, -0.25) is 0 Å². The maximum absolute atomic E-state index is 6.00. The van der Waals surface area contributed by atoms with Crippen LogP contribution in [0.3, 0.4) is 0 Å². The highest BCUT2D eigenvalue weighted by molar-refractivity contribution is 7.29. The molecular weight excluding hydrogens is 189 g/mol. The first kappa shape index (κ1) is 9.97. The van der Waals surface area contributed by atoms with Gasteiger partial charge in [-0.1, -0.05) is 0 Å². The molecule has 0 aliphatic rings. The van der Waals surface area contributed by atoms with Crippen LogP contribution in [0.1, 0.15) is 0 Å². The van der Waals surface area contributed by atoms with Crippen LogP contribution in [0.5, 0.6) is 0 Å². The largest absolute Gasteiger partial charge is 0.336 e. The number of halogens is 2. The van der Waals surface area contributed by atoms with Crippen LogP contribution in [-0.4, -0.2) is 15.1 Å². The maximum Gasteiger partial charge on any atom is 0.214 e. The molecule has 9 heavy (non-hydrogen) atoms. The summed E-state index contributed by atoms with van der Waals surface area (Å²) in [4.78, 5) is 0. The fraction of sp³-hybridized carbons (Fsp3) is 1.00. The van der Waals surface area contributed by atoms with Gasteiger partial charge in [0.15, 0.2) is 0 Å². The van der Waals surface area contributed by atoms with Gasteiger partial charge in [-0.25, -0.2) is 0 Å². The zero-order valence-corrected chi connectivity index (χ0v) is 9.77. The van der Waals surface area contributed by atoms with Crippen molar-refractivity contribution in [1.29, 1.82) is 0 Å². The Morgan fingerprint density at radius 3 is 1.11 bits per heavy atom. The number of hydrogen-bond donors (Lipinski definition) is 1. The summed E-state index contributed by atoms with van der Waals surface area (Å²) in [6, 6.07) is 0. The SMILES string of the molecule is C[Si](C)(Cl)N[Si](C)(C)Cl. The molecule has 56 valence electrons. The molecule has 0 atom stereocenters. The van der Waals surface area contributed by atoms with E-state index in [2.05, 4.69) is 4.65 Å². The Bertz CT molecular complexity index is 81.7. The van der Waals surface area contributed by atoms with E-state index in [0.717, 1.165) is 0 Å². The minimum Gasteiger partial charge on any atom is -0.336 e. The van der Waals surface area contributed by atoms with Crippen molar-refractivity contribution in [1.82, 2.24) is 4.65 Å². The Labute approximate surface area is 68.3 Å². The smallest absolute Gasteiger partial charge is 0.214 e. The molecule has 0 unspecified atom stereocenters. The molecule has 1 nitrogen and oxygen atoms in total. The van der Waals surface area contributed by atoms with Gasteiger partial charge in [0.25, 0.3) is 0 Å². The normalized spacial score (nSPS) is 14.0. The molecule has 0 aromatic rings.